The first-order valence-electron chi connectivity index (χ1n) is 5.56. The van der Waals surface area contributed by atoms with E-state index < -0.39 is 0 Å². The first-order valence-corrected chi connectivity index (χ1v) is 5.56. The van der Waals surface area contributed by atoms with Gasteiger partial charge in [-0.05, 0) is 19.5 Å². The molecule has 0 radical (unpaired) electrons. The third-order valence-electron chi connectivity index (χ3n) is 2.54. The molecule has 88 valence electrons. The second kappa shape index (κ2) is 5.77. The fourth-order valence-corrected chi connectivity index (χ4v) is 1.62. The highest BCUT2D eigenvalue weighted by Crippen LogP contribution is 2.14. The van der Waals surface area contributed by atoms with Gasteiger partial charge in [0, 0.05) is 25.1 Å². The first-order chi connectivity index (χ1) is 7.88. The molecule has 0 aromatic carbocycles. The number of hydrogen-bond donors (Lipinski definition) is 1. The average Bonchev–Trinajstić information content (AvgIpc) is 2.82. The number of ether oxygens (including phenoxy) is 2. The summed E-state index contributed by atoms with van der Waals surface area (Å²) < 4.78 is 10.8. The maximum atomic E-state index is 5.55. The van der Waals surface area contributed by atoms with Crippen LogP contribution in [0.5, 0.6) is 5.88 Å². The first kappa shape index (κ1) is 11.3. The van der Waals surface area contributed by atoms with Gasteiger partial charge in [0.1, 0.15) is 0 Å². The van der Waals surface area contributed by atoms with Crippen LogP contribution in [0.15, 0.2) is 12.1 Å². The minimum absolute atomic E-state index is 0.499. The smallest absolute Gasteiger partial charge is 0.233 e. The van der Waals surface area contributed by atoms with E-state index in [1.54, 1.807) is 0 Å². The Morgan fingerprint density at radius 3 is 3.06 bits per heavy atom. The van der Waals surface area contributed by atoms with E-state index in [1.807, 2.05) is 19.2 Å². The Morgan fingerprint density at radius 2 is 2.44 bits per heavy atom. The van der Waals surface area contributed by atoms with Crippen LogP contribution in [0.4, 0.5) is 0 Å². The molecule has 1 aliphatic rings. The van der Waals surface area contributed by atoms with Gasteiger partial charge in [-0.3, -0.25) is 0 Å². The van der Waals surface area contributed by atoms with E-state index in [1.165, 1.54) is 0 Å². The summed E-state index contributed by atoms with van der Waals surface area (Å²) in [5, 5.41) is 11.1. The highest BCUT2D eigenvalue weighted by atomic mass is 16.5. The summed E-state index contributed by atoms with van der Waals surface area (Å²) >= 11 is 0. The van der Waals surface area contributed by atoms with Crippen molar-refractivity contribution < 1.29 is 9.47 Å². The zero-order valence-electron chi connectivity index (χ0n) is 9.48. The van der Waals surface area contributed by atoms with Crippen molar-refractivity contribution in [3.8, 4) is 5.88 Å². The summed E-state index contributed by atoms with van der Waals surface area (Å²) in [6, 6.07) is 3.78. The van der Waals surface area contributed by atoms with E-state index in [0.717, 1.165) is 31.9 Å². The second-order valence-corrected chi connectivity index (χ2v) is 3.93. The van der Waals surface area contributed by atoms with Crippen LogP contribution < -0.4 is 10.1 Å². The molecule has 1 N–H and O–H groups in total. The molecule has 0 spiro atoms. The molecule has 1 aromatic rings. The third-order valence-corrected chi connectivity index (χ3v) is 2.54. The molecule has 5 heteroatoms. The number of hydrogen-bond acceptors (Lipinski definition) is 5. The largest absolute Gasteiger partial charge is 0.476 e. The Kier molecular flexibility index (Phi) is 4.07. The summed E-state index contributed by atoms with van der Waals surface area (Å²) in [7, 11) is 1.88. The fraction of sp³-hybridized carbons (Fsp3) is 0.636. The number of aromatic nitrogens is 2. The molecule has 1 fully saturated rings. The van der Waals surface area contributed by atoms with Gasteiger partial charge < -0.3 is 14.8 Å². The molecular weight excluding hydrogens is 206 g/mol. The summed E-state index contributed by atoms with van der Waals surface area (Å²) in [5.41, 5.74) is 0.916. The lowest BCUT2D eigenvalue weighted by atomic mass is 10.1. The monoisotopic (exact) mass is 223 g/mol. The van der Waals surface area contributed by atoms with E-state index in [4.69, 9.17) is 9.47 Å². The number of rotatable bonds is 5. The van der Waals surface area contributed by atoms with Crippen LogP contribution in [0.2, 0.25) is 0 Å². The van der Waals surface area contributed by atoms with Crippen molar-refractivity contribution in [1.29, 1.82) is 0 Å². The molecule has 1 aliphatic heterocycles. The average molecular weight is 223 g/mol. The van der Waals surface area contributed by atoms with Gasteiger partial charge in [0.2, 0.25) is 5.88 Å². The Labute approximate surface area is 95.2 Å². The lowest BCUT2D eigenvalue weighted by molar-refractivity contribution is 0.165. The van der Waals surface area contributed by atoms with E-state index in [9.17, 15) is 0 Å². The van der Waals surface area contributed by atoms with Gasteiger partial charge in [0.15, 0.2) is 0 Å². The predicted molar refractivity (Wildman–Crippen MR) is 59.2 cm³/mol. The molecule has 16 heavy (non-hydrogen) atoms. The molecule has 0 bridgehead atoms. The Morgan fingerprint density at radius 1 is 1.50 bits per heavy atom. The van der Waals surface area contributed by atoms with Crippen LogP contribution in [0, 0.1) is 5.92 Å². The topological polar surface area (TPSA) is 56.3 Å². The minimum Gasteiger partial charge on any atom is -0.476 e. The molecule has 1 unspecified atom stereocenters. The summed E-state index contributed by atoms with van der Waals surface area (Å²) in [6.45, 7) is 3.04. The van der Waals surface area contributed by atoms with Crippen molar-refractivity contribution in [2.45, 2.75) is 13.0 Å². The van der Waals surface area contributed by atoms with Crippen LogP contribution in [-0.2, 0) is 11.3 Å². The molecule has 2 heterocycles. The van der Waals surface area contributed by atoms with Crippen LogP contribution >= 0.6 is 0 Å². The van der Waals surface area contributed by atoms with Gasteiger partial charge >= 0.3 is 0 Å². The van der Waals surface area contributed by atoms with Gasteiger partial charge in [-0.2, -0.15) is 5.10 Å². The summed E-state index contributed by atoms with van der Waals surface area (Å²) in [5.74, 6) is 1.09. The molecule has 1 atom stereocenters. The maximum absolute atomic E-state index is 5.55. The number of nitrogens with zero attached hydrogens (tertiary/aromatic N) is 2. The molecule has 2 rings (SSSR count). The quantitative estimate of drug-likeness (QED) is 0.792. The van der Waals surface area contributed by atoms with Crippen LogP contribution in [0.25, 0.3) is 0 Å². The van der Waals surface area contributed by atoms with E-state index in [0.29, 0.717) is 18.4 Å². The summed E-state index contributed by atoms with van der Waals surface area (Å²) in [4.78, 5) is 0. The Hall–Kier alpha value is -1.20. The third kappa shape index (κ3) is 3.15. The van der Waals surface area contributed by atoms with Crippen LogP contribution in [0.1, 0.15) is 12.1 Å². The lowest BCUT2D eigenvalue weighted by Gasteiger charge is -2.08. The van der Waals surface area contributed by atoms with Crippen molar-refractivity contribution in [2.24, 2.45) is 5.92 Å². The second-order valence-electron chi connectivity index (χ2n) is 3.93. The van der Waals surface area contributed by atoms with Crippen molar-refractivity contribution >= 4 is 0 Å². The van der Waals surface area contributed by atoms with Gasteiger partial charge in [0.25, 0.3) is 0 Å². The SMILES string of the molecule is CNCc1ccc(OCC2CCOC2)nn1. The highest BCUT2D eigenvalue weighted by Gasteiger charge is 2.16. The summed E-state index contributed by atoms with van der Waals surface area (Å²) in [6.07, 6.45) is 1.07. The van der Waals surface area contributed by atoms with E-state index in [2.05, 4.69) is 15.5 Å². The van der Waals surface area contributed by atoms with Crippen molar-refractivity contribution in [2.75, 3.05) is 26.9 Å². The minimum atomic E-state index is 0.499. The molecule has 0 saturated carbocycles. The molecular formula is C11H17N3O2. The van der Waals surface area contributed by atoms with Crippen LogP contribution in [0.3, 0.4) is 0 Å². The normalized spacial score (nSPS) is 19.9. The molecule has 1 saturated heterocycles. The van der Waals surface area contributed by atoms with Crippen molar-refractivity contribution in [3.63, 3.8) is 0 Å². The highest BCUT2D eigenvalue weighted by molar-refractivity contribution is 5.11. The molecule has 0 aliphatic carbocycles. The fourth-order valence-electron chi connectivity index (χ4n) is 1.62. The van der Waals surface area contributed by atoms with E-state index >= 15 is 0 Å². The zero-order chi connectivity index (χ0) is 11.2. The van der Waals surface area contributed by atoms with Gasteiger partial charge in [-0.1, -0.05) is 0 Å². The van der Waals surface area contributed by atoms with E-state index in [-0.39, 0.29) is 0 Å². The predicted octanol–water partition coefficient (Wildman–Crippen LogP) is 0.611. The molecule has 0 amide bonds. The van der Waals surface area contributed by atoms with Gasteiger partial charge in [0.05, 0.1) is 18.9 Å². The molecule has 5 nitrogen and oxygen atoms in total. The Balaban J connectivity index is 1.80. The zero-order valence-corrected chi connectivity index (χ0v) is 9.48. The van der Waals surface area contributed by atoms with Crippen molar-refractivity contribution in [3.05, 3.63) is 17.8 Å². The number of nitrogens with one attached hydrogen (secondary N) is 1. The standard InChI is InChI=1S/C11H17N3O2/c1-12-6-10-2-3-11(14-13-10)16-8-9-4-5-15-7-9/h2-3,9,12H,4-8H2,1H3. The molecule has 1 aromatic heterocycles. The van der Waals surface area contributed by atoms with Crippen molar-refractivity contribution in [1.82, 2.24) is 15.5 Å². The van der Waals surface area contributed by atoms with Gasteiger partial charge in [-0.15, -0.1) is 5.10 Å². The van der Waals surface area contributed by atoms with Gasteiger partial charge in [-0.25, -0.2) is 0 Å². The van der Waals surface area contributed by atoms with Crippen LogP contribution in [-0.4, -0.2) is 37.1 Å². The maximum Gasteiger partial charge on any atom is 0.233 e. The lowest BCUT2D eigenvalue weighted by Crippen LogP contribution is -2.13. The Bertz CT molecular complexity index is 310.